The summed E-state index contributed by atoms with van der Waals surface area (Å²) in [7, 11) is -3.81. The fourth-order valence-corrected chi connectivity index (χ4v) is 5.42. The second kappa shape index (κ2) is 6.37. The summed E-state index contributed by atoms with van der Waals surface area (Å²) in [5, 5.41) is 13.8. The maximum Gasteiger partial charge on any atom is 0.246 e. The first-order valence-electron chi connectivity index (χ1n) is 6.97. The Kier molecular flexibility index (Phi) is 4.61. The molecule has 1 saturated heterocycles. The molecule has 0 aromatic carbocycles. The van der Waals surface area contributed by atoms with Crippen LogP contribution in [-0.4, -0.2) is 42.5 Å². The third-order valence-electron chi connectivity index (χ3n) is 4.08. The molecule has 3 N–H and O–H groups in total. The highest BCUT2D eigenvalue weighted by molar-refractivity contribution is 7.89. The second-order valence-electron chi connectivity index (χ2n) is 5.46. The lowest BCUT2D eigenvalue weighted by Crippen LogP contribution is -2.30. The smallest absolute Gasteiger partial charge is 0.246 e. The number of nitrogen functional groups attached to an aromatic ring is 1. The third kappa shape index (κ3) is 3.09. The van der Waals surface area contributed by atoms with Crippen molar-refractivity contribution in [1.82, 2.24) is 9.29 Å². The average molecular weight is 374 g/mol. The van der Waals surface area contributed by atoms with Crippen LogP contribution < -0.4 is 5.73 Å². The van der Waals surface area contributed by atoms with Crippen molar-refractivity contribution in [3.8, 4) is 0 Å². The summed E-state index contributed by atoms with van der Waals surface area (Å²) >= 11 is 7.41. The van der Waals surface area contributed by atoms with Gasteiger partial charge in [-0.05, 0) is 28.5 Å². The lowest BCUT2D eigenvalue weighted by atomic mass is 9.92. The van der Waals surface area contributed by atoms with E-state index in [4.69, 9.17) is 17.3 Å². The number of hydrogen-bond acceptors (Lipinski definition) is 6. The number of rotatable bonds is 4. The summed E-state index contributed by atoms with van der Waals surface area (Å²) < 4.78 is 27.1. The van der Waals surface area contributed by atoms with Gasteiger partial charge in [0.25, 0.3) is 0 Å². The lowest BCUT2D eigenvalue weighted by Gasteiger charge is -2.17. The number of nitrogens with zero attached hydrogens (tertiary/aromatic N) is 2. The van der Waals surface area contributed by atoms with Crippen molar-refractivity contribution >= 4 is 38.8 Å². The van der Waals surface area contributed by atoms with Crippen molar-refractivity contribution in [2.75, 3.05) is 25.4 Å². The SMILES string of the molecule is Nc1ncc(Cl)cc1S(=O)(=O)N1CC(CO)C(c2ccsc2)C1. The fourth-order valence-electron chi connectivity index (χ4n) is 2.85. The van der Waals surface area contributed by atoms with E-state index in [0.29, 0.717) is 6.54 Å². The number of aliphatic hydroxyl groups excluding tert-OH is 1. The zero-order valence-electron chi connectivity index (χ0n) is 12.1. The van der Waals surface area contributed by atoms with Crippen LogP contribution in [0.4, 0.5) is 5.82 Å². The zero-order chi connectivity index (χ0) is 16.6. The van der Waals surface area contributed by atoms with E-state index in [1.807, 2.05) is 16.8 Å². The fraction of sp³-hybridized carbons (Fsp3) is 0.357. The van der Waals surface area contributed by atoms with Gasteiger partial charge in [0.15, 0.2) is 0 Å². The molecule has 0 radical (unpaired) electrons. The molecule has 0 amide bonds. The molecular formula is C14H16ClN3O3S2. The second-order valence-corrected chi connectivity index (χ2v) is 8.59. The van der Waals surface area contributed by atoms with Crippen LogP contribution in [0.15, 0.2) is 34.0 Å². The molecule has 6 nitrogen and oxygen atoms in total. The first-order chi connectivity index (χ1) is 10.9. The van der Waals surface area contributed by atoms with Gasteiger partial charge in [0, 0.05) is 37.7 Å². The van der Waals surface area contributed by atoms with Gasteiger partial charge in [-0.1, -0.05) is 11.6 Å². The Hall–Kier alpha value is -1.19. The van der Waals surface area contributed by atoms with E-state index >= 15 is 0 Å². The van der Waals surface area contributed by atoms with Gasteiger partial charge in [-0.2, -0.15) is 15.6 Å². The molecule has 3 rings (SSSR count). The van der Waals surface area contributed by atoms with E-state index in [-0.39, 0.29) is 40.7 Å². The number of hydrogen-bond donors (Lipinski definition) is 2. The molecule has 2 unspecified atom stereocenters. The Morgan fingerprint density at radius 3 is 2.91 bits per heavy atom. The first-order valence-corrected chi connectivity index (χ1v) is 9.73. The van der Waals surface area contributed by atoms with Gasteiger partial charge >= 0.3 is 0 Å². The van der Waals surface area contributed by atoms with Gasteiger partial charge < -0.3 is 10.8 Å². The molecule has 2 aromatic heterocycles. The van der Waals surface area contributed by atoms with Crippen molar-refractivity contribution in [2.24, 2.45) is 5.92 Å². The van der Waals surface area contributed by atoms with Crippen LogP contribution in [0.3, 0.4) is 0 Å². The summed E-state index contributed by atoms with van der Waals surface area (Å²) in [4.78, 5) is 3.73. The molecule has 0 spiro atoms. The predicted molar refractivity (Wildman–Crippen MR) is 90.1 cm³/mol. The molecule has 3 heterocycles. The molecule has 1 aliphatic heterocycles. The number of aromatic nitrogens is 1. The Bertz CT molecular complexity index is 796. The maximum absolute atomic E-state index is 12.9. The lowest BCUT2D eigenvalue weighted by molar-refractivity contribution is 0.223. The summed E-state index contributed by atoms with van der Waals surface area (Å²) in [5.74, 6) is -0.254. The highest BCUT2D eigenvalue weighted by Crippen LogP contribution is 2.37. The number of pyridine rings is 1. The Labute approximate surface area is 143 Å². The van der Waals surface area contributed by atoms with E-state index in [9.17, 15) is 13.5 Å². The van der Waals surface area contributed by atoms with Crippen molar-refractivity contribution in [2.45, 2.75) is 10.8 Å². The molecule has 124 valence electrons. The minimum Gasteiger partial charge on any atom is -0.396 e. The topological polar surface area (TPSA) is 96.5 Å². The standard InChI is InChI=1S/C14H16ClN3O3S2/c15-11-3-13(14(16)17-4-11)23(20,21)18-5-10(7-19)12(6-18)9-1-2-22-8-9/h1-4,8,10,12,19H,5-7H2,(H2,16,17). The molecule has 0 saturated carbocycles. The Morgan fingerprint density at radius 1 is 1.48 bits per heavy atom. The van der Waals surface area contributed by atoms with Gasteiger partial charge in [-0.3, -0.25) is 0 Å². The minimum absolute atomic E-state index is 0.0330. The van der Waals surface area contributed by atoms with E-state index in [2.05, 4.69) is 4.98 Å². The summed E-state index contributed by atoms with van der Waals surface area (Å²) in [6, 6.07) is 3.27. The van der Waals surface area contributed by atoms with Gasteiger partial charge in [0.1, 0.15) is 10.7 Å². The highest BCUT2D eigenvalue weighted by Gasteiger charge is 2.40. The van der Waals surface area contributed by atoms with Crippen molar-refractivity contribution in [3.63, 3.8) is 0 Å². The van der Waals surface area contributed by atoms with Crippen molar-refractivity contribution < 1.29 is 13.5 Å². The van der Waals surface area contributed by atoms with Crippen molar-refractivity contribution in [1.29, 1.82) is 0 Å². The summed E-state index contributed by atoms with van der Waals surface area (Å²) in [6.07, 6.45) is 1.31. The van der Waals surface area contributed by atoms with Crippen LogP contribution in [0.25, 0.3) is 0 Å². The molecule has 23 heavy (non-hydrogen) atoms. The van der Waals surface area contributed by atoms with Gasteiger partial charge in [0.2, 0.25) is 10.0 Å². The first kappa shape index (κ1) is 16.7. The molecule has 1 fully saturated rings. The molecule has 1 aliphatic rings. The Balaban J connectivity index is 1.94. The van der Waals surface area contributed by atoms with E-state index in [1.54, 1.807) is 11.3 Å². The van der Waals surface area contributed by atoms with Crippen LogP contribution >= 0.6 is 22.9 Å². The average Bonchev–Trinajstić information content (AvgIpc) is 3.17. The number of halogens is 1. The number of nitrogens with two attached hydrogens (primary N) is 1. The molecule has 2 atom stereocenters. The normalized spacial score (nSPS) is 22.5. The van der Waals surface area contributed by atoms with E-state index in [1.165, 1.54) is 16.6 Å². The van der Waals surface area contributed by atoms with Crippen LogP contribution in [-0.2, 0) is 10.0 Å². The molecule has 9 heteroatoms. The number of thiophene rings is 1. The van der Waals surface area contributed by atoms with Gasteiger partial charge in [-0.15, -0.1) is 0 Å². The highest BCUT2D eigenvalue weighted by atomic mass is 35.5. The van der Waals surface area contributed by atoms with E-state index < -0.39 is 10.0 Å². The van der Waals surface area contributed by atoms with Crippen LogP contribution in [0, 0.1) is 5.92 Å². The van der Waals surface area contributed by atoms with Crippen LogP contribution in [0.2, 0.25) is 5.02 Å². The Morgan fingerprint density at radius 2 is 2.26 bits per heavy atom. The predicted octanol–water partition coefficient (Wildman–Crippen LogP) is 1.78. The van der Waals surface area contributed by atoms with E-state index in [0.717, 1.165) is 5.56 Å². The number of aliphatic hydroxyl groups is 1. The molecule has 0 aliphatic carbocycles. The third-order valence-corrected chi connectivity index (χ3v) is 6.85. The van der Waals surface area contributed by atoms with Crippen LogP contribution in [0.1, 0.15) is 11.5 Å². The van der Waals surface area contributed by atoms with Gasteiger partial charge in [-0.25, -0.2) is 13.4 Å². The molecule has 0 bridgehead atoms. The zero-order valence-corrected chi connectivity index (χ0v) is 14.5. The maximum atomic E-state index is 12.9. The van der Waals surface area contributed by atoms with Crippen LogP contribution in [0.5, 0.6) is 0 Å². The molecule has 2 aromatic rings. The summed E-state index contributed by atoms with van der Waals surface area (Å²) in [6.45, 7) is 0.470. The monoisotopic (exact) mass is 373 g/mol. The van der Waals surface area contributed by atoms with Crippen molar-refractivity contribution in [3.05, 3.63) is 39.7 Å². The van der Waals surface area contributed by atoms with Gasteiger partial charge in [0.05, 0.1) is 5.02 Å². The largest absolute Gasteiger partial charge is 0.396 e. The summed E-state index contributed by atoms with van der Waals surface area (Å²) in [5.41, 5.74) is 6.76. The number of sulfonamides is 1. The quantitative estimate of drug-likeness (QED) is 0.851. The minimum atomic E-state index is -3.81. The molecular weight excluding hydrogens is 358 g/mol. The number of anilines is 1.